The van der Waals surface area contributed by atoms with Crippen LogP contribution in [0.4, 0.5) is 4.39 Å². The van der Waals surface area contributed by atoms with Gasteiger partial charge in [0.2, 0.25) is 0 Å². The third-order valence-electron chi connectivity index (χ3n) is 4.55. The first-order valence-electron chi connectivity index (χ1n) is 8.31. The SMILES string of the molecule is Cc1c(C(=O)O)c2ccccc2n1C(=O)c1ccc(-c2ccc(F)c(Cl)c2)o1. The first-order chi connectivity index (χ1) is 13.4. The van der Waals surface area contributed by atoms with E-state index >= 15 is 0 Å². The Kier molecular flexibility index (Phi) is 4.28. The van der Waals surface area contributed by atoms with Gasteiger partial charge in [0.25, 0.3) is 5.91 Å². The van der Waals surface area contributed by atoms with Gasteiger partial charge in [0, 0.05) is 16.6 Å². The summed E-state index contributed by atoms with van der Waals surface area (Å²) in [5, 5.41) is 9.95. The van der Waals surface area contributed by atoms with E-state index in [1.165, 1.54) is 28.8 Å². The van der Waals surface area contributed by atoms with E-state index in [1.54, 1.807) is 37.3 Å². The molecule has 28 heavy (non-hydrogen) atoms. The third-order valence-corrected chi connectivity index (χ3v) is 4.84. The number of carbonyl (C=O) groups is 2. The summed E-state index contributed by atoms with van der Waals surface area (Å²) < 4.78 is 20.3. The zero-order valence-corrected chi connectivity index (χ0v) is 15.3. The minimum atomic E-state index is -1.11. The van der Waals surface area contributed by atoms with Gasteiger partial charge in [-0.15, -0.1) is 0 Å². The molecule has 0 aliphatic rings. The summed E-state index contributed by atoms with van der Waals surface area (Å²) in [7, 11) is 0. The van der Waals surface area contributed by atoms with Gasteiger partial charge in [0.15, 0.2) is 5.76 Å². The average molecular weight is 398 g/mol. The fourth-order valence-electron chi connectivity index (χ4n) is 3.27. The molecule has 0 saturated heterocycles. The Labute approximate surface area is 163 Å². The van der Waals surface area contributed by atoms with Gasteiger partial charge < -0.3 is 9.52 Å². The Morgan fingerprint density at radius 1 is 1.11 bits per heavy atom. The molecule has 1 N–H and O–H groups in total. The zero-order valence-electron chi connectivity index (χ0n) is 14.6. The highest BCUT2D eigenvalue weighted by Crippen LogP contribution is 2.30. The number of aromatic nitrogens is 1. The molecule has 5 nitrogen and oxygen atoms in total. The van der Waals surface area contributed by atoms with Gasteiger partial charge in [-0.2, -0.15) is 0 Å². The number of para-hydroxylation sites is 1. The first kappa shape index (κ1) is 18.0. The molecule has 0 atom stereocenters. The van der Waals surface area contributed by atoms with Crippen molar-refractivity contribution >= 4 is 34.4 Å². The average Bonchev–Trinajstić information content (AvgIpc) is 3.26. The Bertz CT molecular complexity index is 1250. The zero-order chi connectivity index (χ0) is 20.0. The molecule has 0 radical (unpaired) electrons. The molecular formula is C21H13ClFNO4. The van der Waals surface area contributed by atoms with Crippen LogP contribution in [0.1, 0.15) is 26.6 Å². The number of carboxylic acid groups (broad SMARTS) is 1. The quantitative estimate of drug-likeness (QED) is 0.503. The second-order valence-electron chi connectivity index (χ2n) is 6.22. The van der Waals surface area contributed by atoms with Crippen molar-refractivity contribution in [2.75, 3.05) is 0 Å². The lowest BCUT2D eigenvalue weighted by atomic mass is 10.1. The van der Waals surface area contributed by atoms with Crippen LogP contribution in [0.2, 0.25) is 5.02 Å². The summed E-state index contributed by atoms with van der Waals surface area (Å²) in [6.07, 6.45) is 0. The Balaban J connectivity index is 1.81. The number of carbonyl (C=O) groups excluding carboxylic acids is 1. The van der Waals surface area contributed by atoms with Crippen LogP contribution in [0.15, 0.2) is 59.0 Å². The van der Waals surface area contributed by atoms with Crippen molar-refractivity contribution in [3.05, 3.63) is 82.5 Å². The summed E-state index contributed by atoms with van der Waals surface area (Å²) >= 11 is 5.80. The molecule has 2 aromatic carbocycles. The van der Waals surface area contributed by atoms with Gasteiger partial charge >= 0.3 is 5.97 Å². The van der Waals surface area contributed by atoms with Crippen LogP contribution < -0.4 is 0 Å². The number of rotatable bonds is 3. The molecule has 140 valence electrons. The molecule has 0 aliphatic carbocycles. The lowest BCUT2D eigenvalue weighted by Crippen LogP contribution is -2.13. The highest BCUT2D eigenvalue weighted by molar-refractivity contribution is 6.31. The highest BCUT2D eigenvalue weighted by Gasteiger charge is 2.25. The minimum absolute atomic E-state index is 0.0243. The largest absolute Gasteiger partial charge is 0.478 e. The maximum atomic E-state index is 13.4. The summed E-state index contributed by atoms with van der Waals surface area (Å²) in [4.78, 5) is 24.7. The molecule has 4 aromatic rings. The van der Waals surface area contributed by atoms with E-state index in [4.69, 9.17) is 16.0 Å². The number of nitrogens with zero attached hydrogens (tertiary/aromatic N) is 1. The lowest BCUT2D eigenvalue weighted by molar-refractivity contribution is 0.0698. The molecule has 0 unspecified atom stereocenters. The number of aromatic carboxylic acids is 1. The van der Waals surface area contributed by atoms with Crippen molar-refractivity contribution in [1.82, 2.24) is 4.57 Å². The highest BCUT2D eigenvalue weighted by atomic mass is 35.5. The number of fused-ring (bicyclic) bond motifs is 1. The molecule has 7 heteroatoms. The van der Waals surface area contributed by atoms with E-state index in [0.29, 0.717) is 27.9 Å². The standard InChI is InChI=1S/C21H13ClFNO4/c1-11-19(21(26)27)13-4-2-3-5-16(13)24(11)20(25)18-9-8-17(28-18)12-6-7-15(23)14(22)10-12/h2-10H,1H3,(H,26,27). The third kappa shape index (κ3) is 2.78. The van der Waals surface area contributed by atoms with E-state index in [1.807, 2.05) is 0 Å². The van der Waals surface area contributed by atoms with Crippen molar-refractivity contribution in [3.63, 3.8) is 0 Å². The Morgan fingerprint density at radius 3 is 2.57 bits per heavy atom. The predicted molar refractivity (Wildman–Crippen MR) is 102 cm³/mol. The summed E-state index contributed by atoms with van der Waals surface area (Å²) in [5.41, 5.74) is 1.37. The molecule has 0 saturated carbocycles. The van der Waals surface area contributed by atoms with Gasteiger partial charge in [-0.25, -0.2) is 9.18 Å². The van der Waals surface area contributed by atoms with Crippen molar-refractivity contribution in [3.8, 4) is 11.3 Å². The van der Waals surface area contributed by atoms with Crippen molar-refractivity contribution in [1.29, 1.82) is 0 Å². The number of benzene rings is 2. The minimum Gasteiger partial charge on any atom is -0.478 e. The van der Waals surface area contributed by atoms with Gasteiger partial charge in [0.1, 0.15) is 11.6 Å². The first-order valence-corrected chi connectivity index (χ1v) is 8.69. The fourth-order valence-corrected chi connectivity index (χ4v) is 3.45. The number of hydrogen-bond acceptors (Lipinski definition) is 3. The lowest BCUT2D eigenvalue weighted by Gasteiger charge is -2.05. The van der Waals surface area contributed by atoms with Crippen LogP contribution in [-0.4, -0.2) is 21.6 Å². The van der Waals surface area contributed by atoms with Crippen LogP contribution in [-0.2, 0) is 0 Å². The van der Waals surface area contributed by atoms with Crippen LogP contribution in [0.25, 0.3) is 22.2 Å². The monoisotopic (exact) mass is 397 g/mol. The Hall–Kier alpha value is -3.38. The van der Waals surface area contributed by atoms with Crippen LogP contribution in [0, 0.1) is 12.7 Å². The number of carboxylic acids is 1. The maximum absolute atomic E-state index is 13.4. The summed E-state index contributed by atoms with van der Waals surface area (Å²) in [6, 6.07) is 14.0. The second kappa shape index (κ2) is 6.65. The number of hydrogen-bond donors (Lipinski definition) is 1. The van der Waals surface area contributed by atoms with E-state index in [9.17, 15) is 19.1 Å². The molecule has 0 bridgehead atoms. The predicted octanol–water partition coefficient (Wildman–Crippen LogP) is 5.39. The normalized spacial score (nSPS) is 11.1. The van der Waals surface area contributed by atoms with E-state index < -0.39 is 17.7 Å². The van der Waals surface area contributed by atoms with Crippen molar-refractivity contribution in [2.45, 2.75) is 6.92 Å². The van der Waals surface area contributed by atoms with Gasteiger partial charge in [-0.3, -0.25) is 9.36 Å². The molecule has 4 rings (SSSR count). The van der Waals surface area contributed by atoms with Crippen molar-refractivity contribution in [2.24, 2.45) is 0 Å². The topological polar surface area (TPSA) is 72.4 Å². The molecule has 0 aliphatic heterocycles. The van der Waals surface area contributed by atoms with Crippen LogP contribution in [0.5, 0.6) is 0 Å². The molecule has 0 fully saturated rings. The van der Waals surface area contributed by atoms with Crippen molar-refractivity contribution < 1.29 is 23.5 Å². The smallest absolute Gasteiger partial charge is 0.338 e. The molecule has 2 heterocycles. The van der Waals surface area contributed by atoms with E-state index in [-0.39, 0.29) is 16.3 Å². The van der Waals surface area contributed by atoms with Crippen LogP contribution >= 0.6 is 11.6 Å². The number of furan rings is 1. The number of halogens is 2. The Morgan fingerprint density at radius 2 is 1.86 bits per heavy atom. The second-order valence-corrected chi connectivity index (χ2v) is 6.62. The maximum Gasteiger partial charge on any atom is 0.338 e. The van der Waals surface area contributed by atoms with E-state index in [2.05, 4.69) is 0 Å². The van der Waals surface area contributed by atoms with Gasteiger partial charge in [-0.1, -0.05) is 29.8 Å². The molecule has 0 amide bonds. The van der Waals surface area contributed by atoms with Crippen LogP contribution in [0.3, 0.4) is 0 Å². The summed E-state index contributed by atoms with van der Waals surface area (Å²) in [6.45, 7) is 1.57. The molecular weight excluding hydrogens is 385 g/mol. The van der Waals surface area contributed by atoms with Gasteiger partial charge in [-0.05, 0) is 43.3 Å². The van der Waals surface area contributed by atoms with Gasteiger partial charge in [0.05, 0.1) is 16.1 Å². The molecule has 0 spiro atoms. The summed E-state index contributed by atoms with van der Waals surface area (Å²) in [5.74, 6) is -1.79. The molecule has 2 aromatic heterocycles. The van der Waals surface area contributed by atoms with E-state index in [0.717, 1.165) is 0 Å². The fraction of sp³-hybridized carbons (Fsp3) is 0.0476.